The monoisotopic (exact) mass is 294 g/mol. The van der Waals surface area contributed by atoms with Crippen LogP contribution in [-0.4, -0.2) is 44.7 Å². The van der Waals surface area contributed by atoms with Crippen LogP contribution in [0.1, 0.15) is 25.3 Å². The van der Waals surface area contributed by atoms with E-state index in [1.54, 1.807) is 19.0 Å². The zero-order valence-corrected chi connectivity index (χ0v) is 13.2. The number of hydrogen-bond acceptors (Lipinski definition) is 4. The van der Waals surface area contributed by atoms with E-state index in [0.29, 0.717) is 32.6 Å². The highest BCUT2D eigenvalue weighted by Crippen LogP contribution is 2.28. The van der Waals surface area contributed by atoms with Crippen molar-refractivity contribution in [3.05, 3.63) is 23.8 Å². The van der Waals surface area contributed by atoms with Gasteiger partial charge >= 0.3 is 0 Å². The van der Waals surface area contributed by atoms with Crippen LogP contribution >= 0.6 is 0 Å². The van der Waals surface area contributed by atoms with E-state index in [-0.39, 0.29) is 5.91 Å². The third kappa shape index (κ3) is 6.04. The van der Waals surface area contributed by atoms with E-state index in [0.717, 1.165) is 23.5 Å². The molecule has 0 heterocycles. The van der Waals surface area contributed by atoms with Crippen molar-refractivity contribution in [1.29, 1.82) is 0 Å². The van der Waals surface area contributed by atoms with Crippen molar-refractivity contribution in [2.75, 3.05) is 33.9 Å². The summed E-state index contributed by atoms with van der Waals surface area (Å²) in [6, 6.07) is 5.87. The second-order valence-corrected chi connectivity index (χ2v) is 4.99. The summed E-state index contributed by atoms with van der Waals surface area (Å²) in [6.45, 7) is 3.63. The Balaban J connectivity index is 2.55. The minimum atomic E-state index is 0.113. The van der Waals surface area contributed by atoms with Crippen LogP contribution < -0.4 is 15.2 Å². The van der Waals surface area contributed by atoms with E-state index >= 15 is 0 Å². The zero-order chi connectivity index (χ0) is 15.7. The zero-order valence-electron chi connectivity index (χ0n) is 13.2. The van der Waals surface area contributed by atoms with Crippen molar-refractivity contribution in [3.63, 3.8) is 0 Å². The van der Waals surface area contributed by atoms with Gasteiger partial charge in [0.15, 0.2) is 11.5 Å². The molecule has 1 aromatic rings. The Bertz CT molecular complexity index is 447. The molecule has 0 aliphatic heterocycles. The predicted molar refractivity (Wildman–Crippen MR) is 83.8 cm³/mol. The number of amides is 1. The van der Waals surface area contributed by atoms with Gasteiger partial charge in [-0.1, -0.05) is 6.07 Å². The highest BCUT2D eigenvalue weighted by molar-refractivity contribution is 5.75. The standard InChI is InChI=1S/C16H26N2O3/c1-4-20-15-12-13(9-10-17)7-8-14(15)21-11-5-6-16(19)18(2)3/h7-8,12H,4-6,9-11,17H2,1-3H3. The molecule has 118 valence electrons. The molecule has 0 radical (unpaired) electrons. The molecular formula is C16H26N2O3. The Morgan fingerprint density at radius 2 is 2.00 bits per heavy atom. The smallest absolute Gasteiger partial charge is 0.222 e. The summed E-state index contributed by atoms with van der Waals surface area (Å²) >= 11 is 0. The van der Waals surface area contributed by atoms with Crippen molar-refractivity contribution in [2.24, 2.45) is 5.73 Å². The number of carbonyl (C=O) groups excluding carboxylic acids is 1. The first-order valence-electron chi connectivity index (χ1n) is 7.37. The fraction of sp³-hybridized carbons (Fsp3) is 0.562. The molecule has 0 atom stereocenters. The highest BCUT2D eigenvalue weighted by Gasteiger charge is 2.08. The minimum Gasteiger partial charge on any atom is -0.490 e. The molecule has 0 aliphatic carbocycles. The molecule has 1 rings (SSSR count). The molecule has 5 nitrogen and oxygen atoms in total. The lowest BCUT2D eigenvalue weighted by molar-refractivity contribution is -0.128. The molecule has 21 heavy (non-hydrogen) atoms. The summed E-state index contributed by atoms with van der Waals surface area (Å²) in [7, 11) is 3.51. The van der Waals surface area contributed by atoms with Gasteiger partial charge in [0.1, 0.15) is 0 Å². The Kier molecular flexibility index (Phi) is 7.61. The summed E-state index contributed by atoms with van der Waals surface area (Å²) in [5.74, 6) is 1.57. The van der Waals surface area contributed by atoms with Crippen molar-refractivity contribution < 1.29 is 14.3 Å². The number of ether oxygens (including phenoxy) is 2. The maximum absolute atomic E-state index is 11.5. The normalized spacial score (nSPS) is 10.3. The van der Waals surface area contributed by atoms with Crippen LogP contribution in [0.3, 0.4) is 0 Å². The summed E-state index contributed by atoms with van der Waals surface area (Å²) < 4.78 is 11.3. The Labute approximate surface area is 127 Å². The first-order chi connectivity index (χ1) is 10.1. The molecule has 0 saturated carbocycles. The largest absolute Gasteiger partial charge is 0.490 e. The summed E-state index contributed by atoms with van der Waals surface area (Å²) in [6.07, 6.45) is 1.99. The van der Waals surface area contributed by atoms with Crippen LogP contribution in [0.4, 0.5) is 0 Å². The number of nitrogens with zero attached hydrogens (tertiary/aromatic N) is 1. The SMILES string of the molecule is CCOc1cc(CCN)ccc1OCCCC(=O)N(C)C. The van der Waals surface area contributed by atoms with Gasteiger partial charge < -0.3 is 20.1 Å². The van der Waals surface area contributed by atoms with E-state index in [1.165, 1.54) is 0 Å². The average Bonchev–Trinajstić information content (AvgIpc) is 2.45. The molecule has 0 spiro atoms. The van der Waals surface area contributed by atoms with Gasteiger partial charge in [0, 0.05) is 20.5 Å². The maximum atomic E-state index is 11.5. The van der Waals surface area contributed by atoms with Gasteiger partial charge in [-0.3, -0.25) is 4.79 Å². The van der Waals surface area contributed by atoms with E-state index in [1.807, 2.05) is 25.1 Å². The third-order valence-electron chi connectivity index (χ3n) is 3.03. The van der Waals surface area contributed by atoms with Crippen LogP contribution in [0.25, 0.3) is 0 Å². The number of benzene rings is 1. The lowest BCUT2D eigenvalue weighted by atomic mass is 10.1. The van der Waals surface area contributed by atoms with Gasteiger partial charge in [0.25, 0.3) is 0 Å². The lowest BCUT2D eigenvalue weighted by Crippen LogP contribution is -2.21. The first kappa shape index (κ1) is 17.3. The van der Waals surface area contributed by atoms with Gasteiger partial charge in [-0.2, -0.15) is 0 Å². The van der Waals surface area contributed by atoms with E-state index in [4.69, 9.17) is 15.2 Å². The first-order valence-corrected chi connectivity index (χ1v) is 7.37. The molecule has 0 bridgehead atoms. The predicted octanol–water partition coefficient (Wildman–Crippen LogP) is 1.83. The van der Waals surface area contributed by atoms with E-state index in [2.05, 4.69) is 0 Å². The van der Waals surface area contributed by atoms with Gasteiger partial charge in [0.05, 0.1) is 13.2 Å². The Hall–Kier alpha value is -1.75. The Morgan fingerprint density at radius 1 is 1.24 bits per heavy atom. The van der Waals surface area contributed by atoms with Gasteiger partial charge in [-0.15, -0.1) is 0 Å². The molecule has 0 saturated heterocycles. The minimum absolute atomic E-state index is 0.113. The fourth-order valence-corrected chi connectivity index (χ4v) is 1.89. The van der Waals surface area contributed by atoms with Crippen LogP contribution in [0.15, 0.2) is 18.2 Å². The average molecular weight is 294 g/mol. The van der Waals surface area contributed by atoms with Crippen molar-refractivity contribution in [2.45, 2.75) is 26.2 Å². The van der Waals surface area contributed by atoms with Crippen molar-refractivity contribution in [3.8, 4) is 11.5 Å². The molecule has 0 aromatic heterocycles. The van der Waals surface area contributed by atoms with E-state index < -0.39 is 0 Å². The second kappa shape index (κ2) is 9.23. The van der Waals surface area contributed by atoms with Crippen molar-refractivity contribution in [1.82, 2.24) is 4.90 Å². The van der Waals surface area contributed by atoms with Gasteiger partial charge in [0.2, 0.25) is 5.91 Å². The van der Waals surface area contributed by atoms with E-state index in [9.17, 15) is 4.79 Å². The van der Waals surface area contributed by atoms with Gasteiger partial charge in [-0.25, -0.2) is 0 Å². The number of nitrogens with two attached hydrogens (primary N) is 1. The fourth-order valence-electron chi connectivity index (χ4n) is 1.89. The van der Waals surface area contributed by atoms with Crippen LogP contribution in [0, 0.1) is 0 Å². The lowest BCUT2D eigenvalue weighted by Gasteiger charge is -2.14. The van der Waals surface area contributed by atoms with Gasteiger partial charge in [-0.05, 0) is 44.0 Å². The van der Waals surface area contributed by atoms with Crippen LogP contribution in [0.5, 0.6) is 11.5 Å². The van der Waals surface area contributed by atoms with Crippen molar-refractivity contribution >= 4 is 5.91 Å². The molecule has 0 fully saturated rings. The summed E-state index contributed by atoms with van der Waals surface area (Å²) in [5, 5.41) is 0. The molecule has 1 aromatic carbocycles. The topological polar surface area (TPSA) is 64.8 Å². The summed E-state index contributed by atoms with van der Waals surface area (Å²) in [4.78, 5) is 13.1. The second-order valence-electron chi connectivity index (χ2n) is 4.99. The molecule has 0 aliphatic rings. The molecule has 1 amide bonds. The highest BCUT2D eigenvalue weighted by atomic mass is 16.5. The molecule has 5 heteroatoms. The summed E-state index contributed by atoms with van der Waals surface area (Å²) in [5.41, 5.74) is 6.70. The number of carbonyl (C=O) groups is 1. The molecule has 2 N–H and O–H groups in total. The molecule has 0 unspecified atom stereocenters. The molecular weight excluding hydrogens is 268 g/mol. The van der Waals surface area contributed by atoms with Crippen LogP contribution in [0.2, 0.25) is 0 Å². The Morgan fingerprint density at radius 3 is 2.62 bits per heavy atom. The number of rotatable bonds is 9. The van der Waals surface area contributed by atoms with Crippen LogP contribution in [-0.2, 0) is 11.2 Å². The number of hydrogen-bond donors (Lipinski definition) is 1. The quantitative estimate of drug-likeness (QED) is 0.706. The third-order valence-corrected chi connectivity index (χ3v) is 3.03. The maximum Gasteiger partial charge on any atom is 0.222 e.